The Morgan fingerprint density at radius 3 is 2.81 bits per heavy atom. The highest BCUT2D eigenvalue weighted by Crippen LogP contribution is 2.31. The molecule has 108 valence electrons. The molecule has 21 heavy (non-hydrogen) atoms. The van der Waals surface area contributed by atoms with Gasteiger partial charge in [0.1, 0.15) is 5.71 Å². The number of nitrogens with one attached hydrogen (secondary N) is 1. The highest BCUT2D eigenvalue weighted by atomic mass is 16.5. The average Bonchev–Trinajstić information content (AvgIpc) is 2.91. The van der Waals surface area contributed by atoms with Crippen LogP contribution in [0.4, 0.5) is 0 Å². The Bertz CT molecular complexity index is 724. The molecule has 0 saturated heterocycles. The summed E-state index contributed by atoms with van der Waals surface area (Å²) in [7, 11) is 0. The Balaban J connectivity index is 1.87. The first-order valence-electron chi connectivity index (χ1n) is 7.12. The molecule has 2 aromatic carbocycles. The molecule has 3 rings (SSSR count). The molecule has 1 unspecified atom stereocenters. The monoisotopic (exact) mass is 282 g/mol. The van der Waals surface area contributed by atoms with Crippen molar-refractivity contribution in [2.75, 3.05) is 6.61 Å². The zero-order chi connectivity index (χ0) is 14.9. The summed E-state index contributed by atoms with van der Waals surface area (Å²) >= 11 is 0. The minimum absolute atomic E-state index is 0.338. The number of carbonyl (C=O) groups excluding carboxylic acids is 1. The van der Waals surface area contributed by atoms with Gasteiger partial charge in [-0.3, -0.25) is 5.43 Å². The summed E-state index contributed by atoms with van der Waals surface area (Å²) in [6, 6.07) is 14.6. The number of hydrogen-bond acceptors (Lipinski definition) is 4. The fourth-order valence-corrected chi connectivity index (χ4v) is 2.64. The van der Waals surface area contributed by atoms with Gasteiger partial charge < -0.3 is 4.74 Å². The third kappa shape index (κ3) is 2.49. The van der Waals surface area contributed by atoms with Gasteiger partial charge in [-0.05, 0) is 36.2 Å². The molecule has 0 aromatic heterocycles. The standard InChI is InChI=1S/C17H18N2O2/c1-3-21-16(20)15-11-17(2,19-18-15)14-9-8-12-6-4-5-7-13(12)10-14/h4-10,19H,3,11H2,1-2H3. The van der Waals surface area contributed by atoms with Crippen LogP contribution in [0, 0.1) is 0 Å². The zero-order valence-corrected chi connectivity index (χ0v) is 12.2. The predicted octanol–water partition coefficient (Wildman–Crippen LogP) is 2.97. The summed E-state index contributed by atoms with van der Waals surface area (Å²) < 4.78 is 5.02. The summed E-state index contributed by atoms with van der Waals surface area (Å²) in [6.07, 6.45) is 0.532. The van der Waals surface area contributed by atoms with Gasteiger partial charge in [-0.25, -0.2) is 4.79 Å². The predicted molar refractivity (Wildman–Crippen MR) is 83.1 cm³/mol. The van der Waals surface area contributed by atoms with Crippen LogP contribution >= 0.6 is 0 Å². The lowest BCUT2D eigenvalue weighted by molar-refractivity contribution is -0.135. The van der Waals surface area contributed by atoms with E-state index in [1.54, 1.807) is 6.92 Å². The Hall–Kier alpha value is -2.36. The fourth-order valence-electron chi connectivity index (χ4n) is 2.64. The van der Waals surface area contributed by atoms with Gasteiger partial charge in [0.05, 0.1) is 12.1 Å². The fraction of sp³-hybridized carbons (Fsp3) is 0.294. The molecule has 0 saturated carbocycles. The van der Waals surface area contributed by atoms with E-state index >= 15 is 0 Å². The van der Waals surface area contributed by atoms with Crippen LogP contribution in [0.3, 0.4) is 0 Å². The number of hydrogen-bond donors (Lipinski definition) is 1. The van der Waals surface area contributed by atoms with Crippen molar-refractivity contribution >= 4 is 22.5 Å². The second kappa shape index (κ2) is 5.20. The largest absolute Gasteiger partial charge is 0.461 e. The highest BCUT2D eigenvalue weighted by Gasteiger charge is 2.36. The van der Waals surface area contributed by atoms with E-state index in [1.165, 1.54) is 10.8 Å². The molecule has 4 heteroatoms. The van der Waals surface area contributed by atoms with Gasteiger partial charge in [-0.2, -0.15) is 5.10 Å². The van der Waals surface area contributed by atoms with E-state index < -0.39 is 0 Å². The second-order valence-electron chi connectivity index (χ2n) is 5.46. The molecule has 1 aliphatic heterocycles. The van der Waals surface area contributed by atoms with Crippen molar-refractivity contribution in [2.24, 2.45) is 5.10 Å². The number of fused-ring (bicyclic) bond motifs is 1. The van der Waals surface area contributed by atoms with Gasteiger partial charge >= 0.3 is 5.97 Å². The van der Waals surface area contributed by atoms with Crippen molar-refractivity contribution in [1.82, 2.24) is 5.43 Å². The molecule has 0 fully saturated rings. The number of benzene rings is 2. The molecule has 0 bridgehead atoms. The third-order valence-corrected chi connectivity index (χ3v) is 3.86. The van der Waals surface area contributed by atoms with E-state index in [0.29, 0.717) is 18.7 Å². The first-order chi connectivity index (χ1) is 10.1. The summed E-state index contributed by atoms with van der Waals surface area (Å²) in [4.78, 5) is 11.8. The van der Waals surface area contributed by atoms with Crippen molar-refractivity contribution in [1.29, 1.82) is 0 Å². The number of esters is 1. The highest BCUT2D eigenvalue weighted by molar-refractivity contribution is 6.37. The molecule has 0 spiro atoms. The lowest BCUT2D eigenvalue weighted by Gasteiger charge is -2.24. The zero-order valence-electron chi connectivity index (χ0n) is 12.2. The van der Waals surface area contributed by atoms with Crippen LogP contribution in [0.5, 0.6) is 0 Å². The summed E-state index contributed by atoms with van der Waals surface area (Å²) in [6.45, 7) is 4.21. The maximum atomic E-state index is 11.8. The molecule has 1 aliphatic rings. The minimum Gasteiger partial charge on any atom is -0.461 e. The quantitative estimate of drug-likeness (QED) is 0.881. The lowest BCUT2D eigenvalue weighted by atomic mass is 9.87. The molecular weight excluding hydrogens is 264 g/mol. The van der Waals surface area contributed by atoms with Gasteiger partial charge in [-0.15, -0.1) is 0 Å². The van der Waals surface area contributed by atoms with E-state index in [-0.39, 0.29) is 11.5 Å². The van der Waals surface area contributed by atoms with Crippen LogP contribution < -0.4 is 5.43 Å². The minimum atomic E-state index is -0.369. The molecule has 4 nitrogen and oxygen atoms in total. The maximum Gasteiger partial charge on any atom is 0.354 e. The molecule has 0 amide bonds. The number of nitrogens with zero attached hydrogens (tertiary/aromatic N) is 1. The molecule has 1 heterocycles. The van der Waals surface area contributed by atoms with Gasteiger partial charge in [0.15, 0.2) is 0 Å². The third-order valence-electron chi connectivity index (χ3n) is 3.86. The van der Waals surface area contributed by atoms with Crippen LogP contribution in [-0.4, -0.2) is 18.3 Å². The van der Waals surface area contributed by atoms with Gasteiger partial charge in [0, 0.05) is 6.42 Å². The Kier molecular flexibility index (Phi) is 3.37. The Morgan fingerprint density at radius 2 is 2.05 bits per heavy atom. The van der Waals surface area contributed by atoms with Gasteiger partial charge in [0.2, 0.25) is 0 Å². The Morgan fingerprint density at radius 1 is 1.29 bits per heavy atom. The van der Waals surface area contributed by atoms with Crippen LogP contribution in [0.25, 0.3) is 10.8 Å². The number of carbonyl (C=O) groups is 1. The van der Waals surface area contributed by atoms with Crippen molar-refractivity contribution in [3.8, 4) is 0 Å². The van der Waals surface area contributed by atoms with Crippen molar-refractivity contribution in [3.05, 3.63) is 48.0 Å². The molecule has 1 N–H and O–H groups in total. The van der Waals surface area contributed by atoms with E-state index in [1.807, 2.05) is 19.1 Å². The van der Waals surface area contributed by atoms with E-state index in [9.17, 15) is 4.79 Å². The SMILES string of the molecule is CCOC(=O)C1=NNC(C)(c2ccc3ccccc3c2)C1. The Labute approximate surface area is 123 Å². The van der Waals surface area contributed by atoms with Gasteiger partial charge in [-0.1, -0.05) is 36.4 Å². The molecule has 0 aliphatic carbocycles. The van der Waals surface area contributed by atoms with Gasteiger partial charge in [0.25, 0.3) is 0 Å². The van der Waals surface area contributed by atoms with Crippen LogP contribution in [0.1, 0.15) is 25.8 Å². The first kappa shape index (κ1) is 13.6. The topological polar surface area (TPSA) is 50.7 Å². The normalized spacial score (nSPS) is 21.0. The van der Waals surface area contributed by atoms with Crippen molar-refractivity contribution in [3.63, 3.8) is 0 Å². The molecule has 2 aromatic rings. The van der Waals surface area contributed by atoms with Crippen molar-refractivity contribution < 1.29 is 9.53 Å². The van der Waals surface area contributed by atoms with E-state index in [0.717, 1.165) is 5.56 Å². The first-order valence-corrected chi connectivity index (χ1v) is 7.12. The van der Waals surface area contributed by atoms with Crippen LogP contribution in [0.2, 0.25) is 0 Å². The molecule has 0 radical (unpaired) electrons. The number of hydrazone groups is 1. The summed E-state index contributed by atoms with van der Waals surface area (Å²) in [5.74, 6) is -0.338. The molecular formula is C17H18N2O2. The maximum absolute atomic E-state index is 11.8. The second-order valence-corrected chi connectivity index (χ2v) is 5.46. The van der Waals surface area contributed by atoms with Crippen molar-refractivity contribution in [2.45, 2.75) is 25.8 Å². The van der Waals surface area contributed by atoms with Crippen LogP contribution in [0.15, 0.2) is 47.6 Å². The number of ether oxygens (including phenoxy) is 1. The smallest absolute Gasteiger partial charge is 0.354 e. The van der Waals surface area contributed by atoms with Crippen LogP contribution in [-0.2, 0) is 15.1 Å². The summed E-state index contributed by atoms with van der Waals surface area (Å²) in [5.41, 5.74) is 4.29. The number of rotatable bonds is 3. The molecule has 1 atom stereocenters. The average molecular weight is 282 g/mol. The lowest BCUT2D eigenvalue weighted by Crippen LogP contribution is -2.33. The van der Waals surface area contributed by atoms with E-state index in [2.05, 4.69) is 40.9 Å². The van der Waals surface area contributed by atoms with E-state index in [4.69, 9.17) is 4.74 Å². The summed E-state index contributed by atoms with van der Waals surface area (Å²) in [5, 5.41) is 6.54.